The minimum Gasteiger partial charge on any atom is -0.494 e. The Labute approximate surface area is 152 Å². The fourth-order valence-corrected chi connectivity index (χ4v) is 2.46. The first-order chi connectivity index (χ1) is 12.8. The topological polar surface area (TPSA) is 69.2 Å². The Bertz CT molecular complexity index is 772. The van der Waals surface area contributed by atoms with Crippen LogP contribution in [0.4, 0.5) is 0 Å². The fourth-order valence-electron chi connectivity index (χ4n) is 2.46. The Morgan fingerprint density at radius 2 is 1.96 bits per heavy atom. The number of fused-ring (bicyclic) bond motifs is 1. The molecule has 0 atom stereocenters. The van der Waals surface area contributed by atoms with Crippen molar-refractivity contribution in [1.82, 2.24) is 5.43 Å². The summed E-state index contributed by atoms with van der Waals surface area (Å²) < 4.78 is 16.2. The average Bonchev–Trinajstić information content (AvgIpc) is 3.14. The zero-order valence-electron chi connectivity index (χ0n) is 14.7. The summed E-state index contributed by atoms with van der Waals surface area (Å²) in [6, 6.07) is 12.6. The maximum absolute atomic E-state index is 12.1. The third kappa shape index (κ3) is 4.75. The van der Waals surface area contributed by atoms with Gasteiger partial charge in [-0.1, -0.05) is 19.8 Å². The van der Waals surface area contributed by atoms with Crippen LogP contribution in [0.15, 0.2) is 47.6 Å². The number of carbonyl (C=O) groups excluding carboxylic acids is 1. The SMILES string of the molecule is CCCCCOc1ccc(/C=N\NC(=O)c2ccc3c(c2)OCO3)cc1. The number of amides is 1. The number of carbonyl (C=O) groups is 1. The van der Waals surface area contributed by atoms with Crippen LogP contribution in [0.2, 0.25) is 0 Å². The van der Waals surface area contributed by atoms with Crippen LogP contribution >= 0.6 is 0 Å². The summed E-state index contributed by atoms with van der Waals surface area (Å²) in [6.07, 6.45) is 5.00. The first kappa shape index (κ1) is 17.8. The maximum atomic E-state index is 12.1. The van der Waals surface area contributed by atoms with E-state index >= 15 is 0 Å². The van der Waals surface area contributed by atoms with Crippen molar-refractivity contribution in [3.8, 4) is 17.2 Å². The second-order valence-electron chi connectivity index (χ2n) is 5.89. The first-order valence-electron chi connectivity index (χ1n) is 8.72. The molecular formula is C20H22N2O4. The number of unbranched alkanes of at least 4 members (excludes halogenated alkanes) is 2. The molecule has 0 aromatic heterocycles. The second kappa shape index (κ2) is 8.89. The Balaban J connectivity index is 1.49. The summed E-state index contributed by atoms with van der Waals surface area (Å²) in [6.45, 7) is 3.07. The number of nitrogens with zero attached hydrogens (tertiary/aromatic N) is 1. The lowest BCUT2D eigenvalue weighted by atomic mass is 10.2. The van der Waals surface area contributed by atoms with Gasteiger partial charge in [-0.25, -0.2) is 5.43 Å². The van der Waals surface area contributed by atoms with E-state index in [9.17, 15) is 4.79 Å². The normalized spacial score (nSPS) is 12.3. The van der Waals surface area contributed by atoms with E-state index in [1.54, 1.807) is 24.4 Å². The van der Waals surface area contributed by atoms with Crippen molar-refractivity contribution < 1.29 is 19.0 Å². The largest absolute Gasteiger partial charge is 0.494 e. The highest BCUT2D eigenvalue weighted by Gasteiger charge is 2.15. The number of rotatable bonds is 8. The molecule has 1 amide bonds. The van der Waals surface area contributed by atoms with Crippen molar-refractivity contribution in [2.24, 2.45) is 5.10 Å². The van der Waals surface area contributed by atoms with Crippen molar-refractivity contribution in [2.45, 2.75) is 26.2 Å². The lowest BCUT2D eigenvalue weighted by Gasteiger charge is -2.05. The van der Waals surface area contributed by atoms with Gasteiger partial charge in [-0.2, -0.15) is 5.10 Å². The highest BCUT2D eigenvalue weighted by Crippen LogP contribution is 2.32. The average molecular weight is 354 g/mol. The summed E-state index contributed by atoms with van der Waals surface area (Å²) >= 11 is 0. The van der Waals surface area contributed by atoms with Crippen LogP contribution in [0.3, 0.4) is 0 Å². The second-order valence-corrected chi connectivity index (χ2v) is 5.89. The van der Waals surface area contributed by atoms with Crippen LogP contribution in [0.25, 0.3) is 0 Å². The quantitative estimate of drug-likeness (QED) is 0.445. The lowest BCUT2D eigenvalue weighted by molar-refractivity contribution is 0.0954. The van der Waals surface area contributed by atoms with Crippen LogP contribution in [-0.2, 0) is 0 Å². The van der Waals surface area contributed by atoms with Crippen molar-refractivity contribution in [1.29, 1.82) is 0 Å². The summed E-state index contributed by atoms with van der Waals surface area (Å²) in [5.74, 6) is 1.73. The van der Waals surface area contributed by atoms with Gasteiger partial charge >= 0.3 is 0 Å². The van der Waals surface area contributed by atoms with Gasteiger partial charge in [-0.15, -0.1) is 0 Å². The molecular weight excluding hydrogens is 332 g/mol. The van der Waals surface area contributed by atoms with Gasteiger partial charge in [0.2, 0.25) is 6.79 Å². The molecule has 2 aromatic rings. The van der Waals surface area contributed by atoms with Crippen molar-refractivity contribution in [3.05, 3.63) is 53.6 Å². The molecule has 0 bridgehead atoms. The Morgan fingerprint density at radius 3 is 2.77 bits per heavy atom. The minimum absolute atomic E-state index is 0.177. The van der Waals surface area contributed by atoms with Crippen LogP contribution in [-0.4, -0.2) is 25.5 Å². The van der Waals surface area contributed by atoms with Crippen molar-refractivity contribution in [3.63, 3.8) is 0 Å². The van der Waals surface area contributed by atoms with E-state index in [2.05, 4.69) is 17.5 Å². The van der Waals surface area contributed by atoms with Gasteiger partial charge in [0.1, 0.15) is 5.75 Å². The number of ether oxygens (including phenoxy) is 3. The van der Waals surface area contributed by atoms with Crippen molar-refractivity contribution in [2.75, 3.05) is 13.4 Å². The van der Waals surface area contributed by atoms with Gasteiger partial charge in [0.05, 0.1) is 12.8 Å². The molecule has 0 fully saturated rings. The zero-order valence-corrected chi connectivity index (χ0v) is 14.7. The smallest absolute Gasteiger partial charge is 0.271 e. The molecule has 1 N–H and O–H groups in total. The molecule has 0 saturated heterocycles. The zero-order chi connectivity index (χ0) is 18.2. The third-order valence-corrected chi connectivity index (χ3v) is 3.91. The third-order valence-electron chi connectivity index (χ3n) is 3.91. The van der Waals surface area contributed by atoms with Gasteiger partial charge in [-0.05, 0) is 54.4 Å². The Kier molecular flexibility index (Phi) is 6.09. The summed E-state index contributed by atoms with van der Waals surface area (Å²) in [4.78, 5) is 12.1. The minimum atomic E-state index is -0.310. The molecule has 6 heteroatoms. The lowest BCUT2D eigenvalue weighted by Crippen LogP contribution is -2.17. The number of hydrogen-bond acceptors (Lipinski definition) is 5. The maximum Gasteiger partial charge on any atom is 0.271 e. The van der Waals surface area contributed by atoms with E-state index < -0.39 is 0 Å². The number of hydrogen-bond donors (Lipinski definition) is 1. The van der Waals surface area contributed by atoms with Crippen LogP contribution < -0.4 is 19.6 Å². The van der Waals surface area contributed by atoms with Gasteiger partial charge in [0.25, 0.3) is 5.91 Å². The predicted molar refractivity (Wildman–Crippen MR) is 99.1 cm³/mol. The number of hydrazone groups is 1. The molecule has 26 heavy (non-hydrogen) atoms. The molecule has 0 spiro atoms. The molecule has 3 rings (SSSR count). The van der Waals surface area contributed by atoms with E-state index in [0.29, 0.717) is 17.1 Å². The molecule has 2 aromatic carbocycles. The van der Waals surface area contributed by atoms with E-state index in [1.807, 2.05) is 24.3 Å². The van der Waals surface area contributed by atoms with E-state index in [4.69, 9.17) is 14.2 Å². The van der Waals surface area contributed by atoms with E-state index in [-0.39, 0.29) is 12.7 Å². The Hall–Kier alpha value is -3.02. The van der Waals surface area contributed by atoms with E-state index in [1.165, 1.54) is 12.8 Å². The van der Waals surface area contributed by atoms with Gasteiger partial charge in [0.15, 0.2) is 11.5 Å². The van der Waals surface area contributed by atoms with Crippen LogP contribution in [0.5, 0.6) is 17.2 Å². The highest BCUT2D eigenvalue weighted by molar-refractivity contribution is 5.95. The monoisotopic (exact) mass is 354 g/mol. The molecule has 6 nitrogen and oxygen atoms in total. The van der Waals surface area contributed by atoms with Gasteiger partial charge < -0.3 is 14.2 Å². The first-order valence-corrected chi connectivity index (χ1v) is 8.72. The van der Waals surface area contributed by atoms with Gasteiger partial charge in [-0.3, -0.25) is 4.79 Å². The van der Waals surface area contributed by atoms with Crippen LogP contribution in [0.1, 0.15) is 42.1 Å². The van der Waals surface area contributed by atoms with E-state index in [0.717, 1.165) is 24.3 Å². The van der Waals surface area contributed by atoms with Gasteiger partial charge in [0, 0.05) is 5.56 Å². The molecule has 1 aliphatic rings. The summed E-state index contributed by atoms with van der Waals surface area (Å²) in [5, 5.41) is 3.99. The summed E-state index contributed by atoms with van der Waals surface area (Å²) in [7, 11) is 0. The number of nitrogens with one attached hydrogen (secondary N) is 1. The Morgan fingerprint density at radius 1 is 1.15 bits per heavy atom. The molecule has 1 heterocycles. The molecule has 1 aliphatic heterocycles. The highest BCUT2D eigenvalue weighted by atomic mass is 16.7. The molecule has 0 unspecified atom stereocenters. The van der Waals surface area contributed by atoms with Crippen LogP contribution in [0, 0.1) is 0 Å². The predicted octanol–water partition coefficient (Wildman–Crippen LogP) is 3.75. The molecule has 136 valence electrons. The fraction of sp³-hybridized carbons (Fsp3) is 0.300. The standard InChI is InChI=1S/C20H22N2O4/c1-2-3-4-11-24-17-8-5-15(6-9-17)13-21-22-20(23)16-7-10-18-19(12-16)26-14-25-18/h5-10,12-13H,2-4,11,14H2,1H3,(H,22,23)/b21-13-. The summed E-state index contributed by atoms with van der Waals surface area (Å²) in [5.41, 5.74) is 3.84. The number of benzene rings is 2. The molecule has 0 aliphatic carbocycles. The molecule has 0 saturated carbocycles. The van der Waals surface area contributed by atoms with Crippen molar-refractivity contribution >= 4 is 12.1 Å². The molecule has 0 radical (unpaired) electrons.